The van der Waals surface area contributed by atoms with Crippen molar-refractivity contribution in [2.75, 3.05) is 20.7 Å². The Bertz CT molecular complexity index is 819. The van der Waals surface area contributed by atoms with Gasteiger partial charge in [-0.25, -0.2) is 4.79 Å². The second-order valence-electron chi connectivity index (χ2n) is 6.25. The molecule has 0 heterocycles. The number of halogens is 2. The van der Waals surface area contributed by atoms with E-state index in [0.29, 0.717) is 12.1 Å². The van der Waals surface area contributed by atoms with E-state index in [1.165, 1.54) is 19.2 Å². The third kappa shape index (κ3) is 7.74. The molecule has 0 aromatic heterocycles. The highest BCUT2D eigenvalue weighted by atomic mass is 19.3. The lowest BCUT2D eigenvalue weighted by atomic mass is 10.2. The number of alkyl halides is 2. The number of hydrogen-bond acceptors (Lipinski definition) is 5. The molecule has 2 rings (SSSR count). The molecule has 0 radical (unpaired) electrons. The van der Waals surface area contributed by atoms with Crippen LogP contribution in [0.25, 0.3) is 0 Å². The molecule has 9 heteroatoms. The quantitative estimate of drug-likeness (QED) is 0.668. The number of amides is 3. The maximum Gasteiger partial charge on any atom is 0.387 e. The fourth-order valence-electron chi connectivity index (χ4n) is 2.61. The molecule has 3 amide bonds. The molecule has 0 saturated heterocycles. The standard InChI is InChI=1S/C20H23F2N3O4/c1-25(12-15-8-9-16(28-2)17(10-15)29-19(21)22)13-18(26)24-20(27)23-11-14-6-4-3-5-7-14/h3-10,19H,11-13H2,1-2H3,(H2,23,24,26,27). The van der Waals surface area contributed by atoms with E-state index in [9.17, 15) is 18.4 Å². The molecule has 0 atom stereocenters. The summed E-state index contributed by atoms with van der Waals surface area (Å²) in [6.45, 7) is -2.45. The largest absolute Gasteiger partial charge is 0.493 e. The van der Waals surface area contributed by atoms with Gasteiger partial charge in [-0.05, 0) is 30.3 Å². The Morgan fingerprint density at radius 1 is 1.07 bits per heavy atom. The molecule has 0 saturated carbocycles. The molecule has 0 aliphatic heterocycles. The van der Waals surface area contributed by atoms with Crippen molar-refractivity contribution >= 4 is 11.9 Å². The molecule has 2 aromatic rings. The third-order valence-corrected chi connectivity index (χ3v) is 3.86. The van der Waals surface area contributed by atoms with E-state index in [0.717, 1.165) is 5.56 Å². The zero-order valence-corrected chi connectivity index (χ0v) is 16.2. The van der Waals surface area contributed by atoms with E-state index < -0.39 is 18.5 Å². The Balaban J connectivity index is 1.82. The lowest BCUT2D eigenvalue weighted by molar-refractivity contribution is -0.121. The molecule has 0 spiro atoms. The van der Waals surface area contributed by atoms with Crippen LogP contribution in [-0.2, 0) is 17.9 Å². The summed E-state index contributed by atoms with van der Waals surface area (Å²) >= 11 is 0. The third-order valence-electron chi connectivity index (χ3n) is 3.86. The highest BCUT2D eigenvalue weighted by Crippen LogP contribution is 2.29. The van der Waals surface area contributed by atoms with Crippen LogP contribution in [0.15, 0.2) is 48.5 Å². The van der Waals surface area contributed by atoms with Gasteiger partial charge in [0.15, 0.2) is 11.5 Å². The van der Waals surface area contributed by atoms with Crippen molar-refractivity contribution in [1.82, 2.24) is 15.5 Å². The molecule has 0 aliphatic rings. The average Bonchev–Trinajstić information content (AvgIpc) is 2.66. The van der Waals surface area contributed by atoms with Gasteiger partial charge in [0, 0.05) is 13.1 Å². The number of carbonyl (C=O) groups excluding carboxylic acids is 2. The maximum atomic E-state index is 12.5. The van der Waals surface area contributed by atoms with Gasteiger partial charge in [-0.3, -0.25) is 15.0 Å². The molecule has 156 valence electrons. The van der Waals surface area contributed by atoms with Crippen molar-refractivity contribution in [3.63, 3.8) is 0 Å². The smallest absolute Gasteiger partial charge is 0.387 e. The van der Waals surface area contributed by atoms with Gasteiger partial charge in [0.1, 0.15) is 0 Å². The molecule has 0 bridgehead atoms. The van der Waals surface area contributed by atoms with Crippen molar-refractivity contribution in [2.24, 2.45) is 0 Å². The van der Waals surface area contributed by atoms with Crippen molar-refractivity contribution in [2.45, 2.75) is 19.7 Å². The Morgan fingerprint density at radius 2 is 1.79 bits per heavy atom. The topological polar surface area (TPSA) is 79.9 Å². The number of hydrogen-bond donors (Lipinski definition) is 2. The fourth-order valence-corrected chi connectivity index (χ4v) is 2.61. The second-order valence-corrected chi connectivity index (χ2v) is 6.25. The van der Waals surface area contributed by atoms with Crippen LogP contribution in [0.3, 0.4) is 0 Å². The van der Waals surface area contributed by atoms with Crippen LogP contribution < -0.4 is 20.1 Å². The molecule has 2 aromatic carbocycles. The fraction of sp³-hybridized carbons (Fsp3) is 0.300. The van der Waals surface area contributed by atoms with E-state index in [1.54, 1.807) is 18.0 Å². The van der Waals surface area contributed by atoms with Crippen LogP contribution in [0.4, 0.5) is 13.6 Å². The SMILES string of the molecule is COc1ccc(CN(C)CC(=O)NC(=O)NCc2ccccc2)cc1OC(F)F. The number of nitrogens with one attached hydrogen (secondary N) is 2. The number of methoxy groups -OCH3 is 1. The van der Waals surface area contributed by atoms with Gasteiger partial charge in [0.25, 0.3) is 0 Å². The molecule has 2 N–H and O–H groups in total. The van der Waals surface area contributed by atoms with Gasteiger partial charge in [0.05, 0.1) is 13.7 Å². The van der Waals surface area contributed by atoms with Crippen LogP contribution in [0.5, 0.6) is 11.5 Å². The molecule has 0 fully saturated rings. The van der Waals surface area contributed by atoms with E-state index in [2.05, 4.69) is 15.4 Å². The molecule has 0 unspecified atom stereocenters. The lowest BCUT2D eigenvalue weighted by Crippen LogP contribution is -2.43. The first-order valence-electron chi connectivity index (χ1n) is 8.79. The minimum atomic E-state index is -2.97. The summed E-state index contributed by atoms with van der Waals surface area (Å²) in [5, 5.41) is 4.85. The molecule has 7 nitrogen and oxygen atoms in total. The highest BCUT2D eigenvalue weighted by Gasteiger charge is 2.14. The first kappa shape index (κ1) is 22.1. The number of likely N-dealkylation sites (N-methyl/N-ethyl adjacent to an activating group) is 1. The molecular formula is C20H23F2N3O4. The predicted molar refractivity (Wildman–Crippen MR) is 103 cm³/mol. The number of rotatable bonds is 9. The number of urea groups is 1. The van der Waals surface area contributed by atoms with Crippen molar-refractivity contribution in [1.29, 1.82) is 0 Å². The summed E-state index contributed by atoms with van der Waals surface area (Å²) < 4.78 is 34.5. The second kappa shape index (κ2) is 11.0. The summed E-state index contributed by atoms with van der Waals surface area (Å²) in [4.78, 5) is 25.5. The van der Waals surface area contributed by atoms with Crippen LogP contribution in [0, 0.1) is 0 Å². The number of nitrogens with zero attached hydrogens (tertiary/aromatic N) is 1. The number of carbonyl (C=O) groups is 2. The first-order chi connectivity index (χ1) is 13.9. The molecule has 29 heavy (non-hydrogen) atoms. The van der Waals surface area contributed by atoms with Crippen LogP contribution in [0.2, 0.25) is 0 Å². The summed E-state index contributed by atoms with van der Waals surface area (Å²) in [5.74, 6) is -0.390. The summed E-state index contributed by atoms with van der Waals surface area (Å²) in [6, 6.07) is 13.3. The van der Waals surface area contributed by atoms with Crippen molar-refractivity contribution in [3.05, 3.63) is 59.7 Å². The normalized spacial score (nSPS) is 10.7. The van der Waals surface area contributed by atoms with E-state index >= 15 is 0 Å². The Morgan fingerprint density at radius 3 is 2.45 bits per heavy atom. The molecular weight excluding hydrogens is 384 g/mol. The minimum absolute atomic E-state index is 0.0597. The van der Waals surface area contributed by atoms with Gasteiger partial charge in [-0.15, -0.1) is 0 Å². The molecule has 0 aliphatic carbocycles. The highest BCUT2D eigenvalue weighted by molar-refractivity contribution is 5.95. The Labute approximate surface area is 167 Å². The van der Waals surface area contributed by atoms with E-state index in [4.69, 9.17) is 4.74 Å². The van der Waals surface area contributed by atoms with Gasteiger partial charge < -0.3 is 14.8 Å². The predicted octanol–water partition coefficient (Wildman–Crippen LogP) is 2.75. The van der Waals surface area contributed by atoms with Crippen molar-refractivity contribution in [3.8, 4) is 11.5 Å². The lowest BCUT2D eigenvalue weighted by Gasteiger charge is -2.17. The van der Waals surface area contributed by atoms with Gasteiger partial charge in [-0.1, -0.05) is 36.4 Å². The van der Waals surface area contributed by atoms with Crippen LogP contribution in [0.1, 0.15) is 11.1 Å². The monoisotopic (exact) mass is 407 g/mol. The van der Waals surface area contributed by atoms with Gasteiger partial charge >= 0.3 is 12.6 Å². The number of ether oxygens (including phenoxy) is 2. The first-order valence-corrected chi connectivity index (χ1v) is 8.79. The zero-order valence-electron chi connectivity index (χ0n) is 16.2. The van der Waals surface area contributed by atoms with E-state index in [1.807, 2.05) is 30.3 Å². The van der Waals surface area contributed by atoms with Crippen LogP contribution >= 0.6 is 0 Å². The number of benzene rings is 2. The van der Waals surface area contributed by atoms with Gasteiger partial charge in [0.2, 0.25) is 5.91 Å². The summed E-state index contributed by atoms with van der Waals surface area (Å²) in [6.07, 6.45) is 0. The van der Waals surface area contributed by atoms with Gasteiger partial charge in [-0.2, -0.15) is 8.78 Å². The zero-order chi connectivity index (χ0) is 21.2. The maximum absolute atomic E-state index is 12.5. The van der Waals surface area contributed by atoms with Crippen LogP contribution in [-0.4, -0.2) is 44.2 Å². The Kier molecular flexibility index (Phi) is 8.35. The summed E-state index contributed by atoms with van der Waals surface area (Å²) in [5.41, 5.74) is 1.55. The summed E-state index contributed by atoms with van der Waals surface area (Å²) in [7, 11) is 3.02. The number of imide groups is 1. The van der Waals surface area contributed by atoms with Crippen molar-refractivity contribution < 1.29 is 27.8 Å². The Hall–Kier alpha value is -3.20. The minimum Gasteiger partial charge on any atom is -0.493 e. The van der Waals surface area contributed by atoms with E-state index in [-0.39, 0.29) is 24.6 Å². The average molecular weight is 407 g/mol.